The molecule has 4 aromatic rings. The van der Waals surface area contributed by atoms with E-state index in [2.05, 4.69) is 61.8 Å². The van der Waals surface area contributed by atoms with E-state index in [0.29, 0.717) is 5.95 Å². The molecule has 1 aliphatic heterocycles. The Labute approximate surface area is 216 Å². The van der Waals surface area contributed by atoms with Crippen LogP contribution in [0.3, 0.4) is 0 Å². The Kier molecular flexibility index (Phi) is 6.31. The summed E-state index contributed by atoms with van der Waals surface area (Å²) in [7, 11) is 2.11. The highest BCUT2D eigenvalue weighted by molar-refractivity contribution is 5.88. The first-order valence-corrected chi connectivity index (χ1v) is 13.1. The number of hydrogen-bond donors (Lipinski definition) is 4. The highest BCUT2D eigenvalue weighted by Gasteiger charge is 2.28. The van der Waals surface area contributed by atoms with E-state index in [4.69, 9.17) is 9.97 Å². The molecule has 0 spiro atoms. The molecule has 0 amide bonds. The number of fused-ring (bicyclic) bond motifs is 2. The Hall–Kier alpha value is -3.47. The Morgan fingerprint density at radius 1 is 1.11 bits per heavy atom. The molecule has 0 radical (unpaired) electrons. The normalized spacial score (nSPS) is 20.2. The summed E-state index contributed by atoms with van der Waals surface area (Å²) in [6.45, 7) is 7.61. The van der Waals surface area contributed by atoms with Gasteiger partial charge in [0.15, 0.2) is 0 Å². The van der Waals surface area contributed by atoms with Crippen LogP contribution in [0, 0.1) is 6.92 Å². The molecule has 4 heterocycles. The van der Waals surface area contributed by atoms with Gasteiger partial charge in [-0.2, -0.15) is 15.1 Å². The van der Waals surface area contributed by atoms with E-state index in [1.807, 2.05) is 30.8 Å². The largest absolute Gasteiger partial charge is 0.376 e. The van der Waals surface area contributed by atoms with Crippen LogP contribution in [0.15, 0.2) is 42.7 Å². The molecule has 2 unspecified atom stereocenters. The number of hydrogen-bond acceptors (Lipinski definition) is 8. The monoisotopic (exact) mass is 501 g/mol. The molecule has 1 fully saturated rings. The maximum atomic E-state index is 11.0. The van der Waals surface area contributed by atoms with Crippen molar-refractivity contribution < 1.29 is 5.11 Å². The second-order valence-corrected chi connectivity index (χ2v) is 10.3. The smallest absolute Gasteiger partial charge is 0.231 e. The van der Waals surface area contributed by atoms with Crippen LogP contribution in [0.4, 0.5) is 17.5 Å². The first-order valence-electron chi connectivity index (χ1n) is 13.1. The van der Waals surface area contributed by atoms with E-state index in [1.165, 1.54) is 11.1 Å². The summed E-state index contributed by atoms with van der Waals surface area (Å²) >= 11 is 0. The van der Waals surface area contributed by atoms with Crippen LogP contribution < -0.4 is 10.6 Å². The van der Waals surface area contributed by atoms with Crippen LogP contribution in [0.25, 0.3) is 11.0 Å². The van der Waals surface area contributed by atoms with Crippen molar-refractivity contribution in [2.45, 2.75) is 45.0 Å². The van der Waals surface area contributed by atoms with Crippen molar-refractivity contribution >= 4 is 28.5 Å². The number of rotatable bonds is 7. The Bertz CT molecular complexity index is 1390. The number of aliphatic hydroxyl groups is 1. The molecule has 2 aliphatic rings. The van der Waals surface area contributed by atoms with Crippen molar-refractivity contribution in [3.63, 3.8) is 0 Å². The van der Waals surface area contributed by atoms with Gasteiger partial charge in [0.05, 0.1) is 35.0 Å². The first kappa shape index (κ1) is 23.9. The molecule has 1 saturated heterocycles. The lowest BCUT2D eigenvalue weighted by Crippen LogP contribution is -2.51. The fourth-order valence-corrected chi connectivity index (χ4v) is 5.57. The van der Waals surface area contributed by atoms with Gasteiger partial charge in [0.1, 0.15) is 17.7 Å². The van der Waals surface area contributed by atoms with Gasteiger partial charge in [0.2, 0.25) is 5.95 Å². The van der Waals surface area contributed by atoms with Crippen molar-refractivity contribution in [3.05, 3.63) is 59.5 Å². The third-order valence-electron chi connectivity index (χ3n) is 7.88. The quantitative estimate of drug-likeness (QED) is 0.305. The summed E-state index contributed by atoms with van der Waals surface area (Å²) < 4.78 is 1.88. The van der Waals surface area contributed by atoms with Gasteiger partial charge in [-0.05, 0) is 50.9 Å². The molecule has 0 bridgehead atoms. The van der Waals surface area contributed by atoms with Gasteiger partial charge in [-0.3, -0.25) is 9.58 Å². The third-order valence-corrected chi connectivity index (χ3v) is 7.88. The van der Waals surface area contributed by atoms with Crippen molar-refractivity contribution in [3.8, 4) is 0 Å². The summed E-state index contributed by atoms with van der Waals surface area (Å²) in [6, 6.07) is 10.6. The molecule has 3 atom stereocenters. The SMILES string of the molecule is Cc1c(Nc2nc(N[C@H]3CCc4ccccc43)c3cc[nH]c3n2)cnn1C(C)C(O)N1CCN(C)CC1. The lowest BCUT2D eigenvalue weighted by molar-refractivity contribution is -0.0524. The zero-order chi connectivity index (χ0) is 25.5. The Morgan fingerprint density at radius 2 is 1.92 bits per heavy atom. The first-order chi connectivity index (χ1) is 18.0. The van der Waals surface area contributed by atoms with Crippen LogP contribution in [-0.2, 0) is 6.42 Å². The number of aryl methyl sites for hydroxylation is 1. The van der Waals surface area contributed by atoms with Gasteiger partial charge in [-0.25, -0.2) is 0 Å². The summed E-state index contributed by atoms with van der Waals surface area (Å²) in [5.41, 5.74) is 5.25. The Morgan fingerprint density at radius 3 is 2.76 bits per heavy atom. The Balaban J connectivity index is 1.22. The fraction of sp³-hybridized carbons (Fsp3) is 0.444. The van der Waals surface area contributed by atoms with Gasteiger partial charge in [0.25, 0.3) is 0 Å². The number of aromatic nitrogens is 5. The number of benzene rings is 1. The van der Waals surface area contributed by atoms with E-state index < -0.39 is 6.23 Å². The van der Waals surface area contributed by atoms with Crippen LogP contribution >= 0.6 is 0 Å². The van der Waals surface area contributed by atoms with Crippen LogP contribution in [-0.4, -0.2) is 79.1 Å². The molecular formula is C27H35N9O. The van der Waals surface area contributed by atoms with E-state index in [0.717, 1.165) is 67.3 Å². The number of nitrogens with one attached hydrogen (secondary N) is 3. The molecule has 10 nitrogen and oxygen atoms in total. The maximum absolute atomic E-state index is 11.0. The highest BCUT2D eigenvalue weighted by atomic mass is 16.3. The van der Waals surface area contributed by atoms with Crippen molar-refractivity contribution in [1.29, 1.82) is 0 Å². The average molecular weight is 502 g/mol. The predicted molar refractivity (Wildman–Crippen MR) is 145 cm³/mol. The standard InChI is InChI=1S/C27H35N9O/c1-17-23(16-29-36(17)18(2)26(37)35-14-12-34(3)13-15-35)31-27-32-24-21(10-11-28-24)25(33-27)30-22-9-8-19-6-4-5-7-20(19)22/h4-7,10-11,16,18,22,26,37H,8-9,12-15H2,1-3H3,(H3,28,30,31,32,33)/t18?,22-,26?/m0/s1. The van der Waals surface area contributed by atoms with Crippen LogP contribution in [0.1, 0.15) is 42.2 Å². The third kappa shape index (κ3) is 4.56. The van der Waals surface area contributed by atoms with E-state index in [1.54, 1.807) is 6.20 Å². The summed E-state index contributed by atoms with van der Waals surface area (Å²) in [5, 5.41) is 23.6. The zero-order valence-corrected chi connectivity index (χ0v) is 21.6. The number of anilines is 3. The molecule has 1 aromatic carbocycles. The highest BCUT2D eigenvalue weighted by Crippen LogP contribution is 2.35. The lowest BCUT2D eigenvalue weighted by atomic mass is 10.1. The molecule has 0 saturated carbocycles. The lowest BCUT2D eigenvalue weighted by Gasteiger charge is -2.37. The number of aliphatic hydroxyl groups excluding tert-OH is 1. The average Bonchev–Trinajstić information content (AvgIpc) is 3.63. The van der Waals surface area contributed by atoms with E-state index >= 15 is 0 Å². The maximum Gasteiger partial charge on any atom is 0.231 e. The molecular weight excluding hydrogens is 466 g/mol. The number of nitrogens with zero attached hydrogens (tertiary/aromatic N) is 6. The van der Waals surface area contributed by atoms with E-state index in [-0.39, 0.29) is 12.1 Å². The molecule has 10 heteroatoms. The van der Waals surface area contributed by atoms with Gasteiger partial charge in [0, 0.05) is 32.4 Å². The van der Waals surface area contributed by atoms with Gasteiger partial charge in [-0.15, -0.1) is 0 Å². The van der Waals surface area contributed by atoms with E-state index in [9.17, 15) is 5.11 Å². The summed E-state index contributed by atoms with van der Waals surface area (Å²) in [4.78, 5) is 17.2. The molecule has 3 aromatic heterocycles. The van der Waals surface area contributed by atoms with Crippen molar-refractivity contribution in [1.82, 2.24) is 34.5 Å². The number of aromatic amines is 1. The number of H-pyrrole nitrogens is 1. The van der Waals surface area contributed by atoms with Gasteiger partial charge >= 0.3 is 0 Å². The topological polar surface area (TPSA) is 110 Å². The van der Waals surface area contributed by atoms with Gasteiger partial charge < -0.3 is 25.6 Å². The molecule has 37 heavy (non-hydrogen) atoms. The second-order valence-electron chi connectivity index (χ2n) is 10.3. The van der Waals surface area contributed by atoms with Crippen molar-refractivity contribution in [2.24, 2.45) is 0 Å². The minimum atomic E-state index is -0.600. The van der Waals surface area contributed by atoms with Gasteiger partial charge in [-0.1, -0.05) is 24.3 Å². The molecule has 4 N–H and O–H groups in total. The second kappa shape index (κ2) is 9.77. The van der Waals surface area contributed by atoms with Crippen molar-refractivity contribution in [2.75, 3.05) is 43.9 Å². The number of likely N-dealkylation sites (N-methyl/N-ethyl adjacent to an activating group) is 1. The predicted octanol–water partition coefficient (Wildman–Crippen LogP) is 3.43. The zero-order valence-electron chi connectivity index (χ0n) is 21.6. The molecule has 6 rings (SSSR count). The fourth-order valence-electron chi connectivity index (χ4n) is 5.57. The molecule has 194 valence electrons. The molecule has 1 aliphatic carbocycles. The summed E-state index contributed by atoms with van der Waals surface area (Å²) in [6.07, 6.45) is 5.18. The summed E-state index contributed by atoms with van der Waals surface area (Å²) in [5.74, 6) is 1.30. The minimum absolute atomic E-state index is 0.189. The van der Waals surface area contributed by atoms with Crippen LogP contribution in [0.2, 0.25) is 0 Å². The number of piperazine rings is 1. The van der Waals surface area contributed by atoms with Crippen LogP contribution in [0.5, 0.6) is 0 Å². The minimum Gasteiger partial charge on any atom is -0.376 e.